The summed E-state index contributed by atoms with van der Waals surface area (Å²) >= 11 is 0. The molecule has 0 amide bonds. The Morgan fingerprint density at radius 1 is 0.919 bits per heavy atom. The lowest BCUT2D eigenvalue weighted by Gasteiger charge is -2.24. The molecule has 2 heterocycles. The predicted octanol–water partition coefficient (Wildman–Crippen LogP) is 6.56. The van der Waals surface area contributed by atoms with Gasteiger partial charge in [0.25, 0.3) is 0 Å². The Kier molecular flexibility index (Phi) is 5.84. The number of pyridine rings is 1. The molecular formula is C32H28N2O3. The summed E-state index contributed by atoms with van der Waals surface area (Å²) in [6, 6.07) is 25.4. The summed E-state index contributed by atoms with van der Waals surface area (Å²) in [5.74, 6) is -0.212. The van der Waals surface area contributed by atoms with E-state index in [1.807, 2.05) is 90.5 Å². The number of Topliss-reactive ketones (excluding diaryl/α,β-unsaturated/α-hetero) is 1. The topological polar surface area (TPSA) is 61.2 Å². The van der Waals surface area contributed by atoms with E-state index in [0.717, 1.165) is 63.6 Å². The van der Waals surface area contributed by atoms with Crippen LogP contribution in [0.2, 0.25) is 0 Å². The van der Waals surface area contributed by atoms with E-state index < -0.39 is 5.97 Å². The minimum absolute atomic E-state index is 0.218. The zero-order valence-electron chi connectivity index (χ0n) is 21.0. The summed E-state index contributed by atoms with van der Waals surface area (Å²) in [4.78, 5) is 32.1. The van der Waals surface area contributed by atoms with Crippen molar-refractivity contribution in [3.8, 4) is 11.3 Å². The van der Waals surface area contributed by atoms with Crippen LogP contribution in [0.1, 0.15) is 45.3 Å². The molecule has 0 unspecified atom stereocenters. The normalized spacial score (nSPS) is 15.0. The number of rotatable bonds is 5. The second-order valence-electron chi connectivity index (χ2n) is 9.94. The fourth-order valence-corrected chi connectivity index (χ4v) is 5.68. The van der Waals surface area contributed by atoms with E-state index in [1.54, 1.807) is 0 Å². The van der Waals surface area contributed by atoms with Gasteiger partial charge in [0, 0.05) is 29.0 Å². The van der Waals surface area contributed by atoms with Crippen molar-refractivity contribution in [3.63, 3.8) is 0 Å². The molecule has 1 aliphatic carbocycles. The molecule has 0 spiro atoms. The Hall–Kier alpha value is -4.25. The Balaban J connectivity index is 1.38. The van der Waals surface area contributed by atoms with Crippen molar-refractivity contribution in [1.82, 2.24) is 9.55 Å². The van der Waals surface area contributed by atoms with Crippen molar-refractivity contribution in [2.45, 2.75) is 26.2 Å². The minimum Gasteiger partial charge on any atom is -0.454 e. The third kappa shape index (κ3) is 4.01. The number of ketones is 1. The van der Waals surface area contributed by atoms with Gasteiger partial charge in [0.1, 0.15) is 0 Å². The van der Waals surface area contributed by atoms with Gasteiger partial charge in [0.05, 0.1) is 22.3 Å². The highest BCUT2D eigenvalue weighted by atomic mass is 16.5. The van der Waals surface area contributed by atoms with Gasteiger partial charge in [0.2, 0.25) is 5.78 Å². The van der Waals surface area contributed by atoms with Gasteiger partial charge in [-0.15, -0.1) is 0 Å². The van der Waals surface area contributed by atoms with Crippen LogP contribution in [0, 0.1) is 5.92 Å². The van der Waals surface area contributed by atoms with Crippen LogP contribution < -0.4 is 0 Å². The molecule has 0 fully saturated rings. The SMILES string of the molecule is C[C@H]1CCc2nc3ccccc3c(C(=O)OCC(=O)c3c(-c4ccccc4)n(C)c4ccccc34)c2C1. The molecule has 37 heavy (non-hydrogen) atoms. The van der Waals surface area contributed by atoms with Crippen LogP contribution in [0.5, 0.6) is 0 Å². The van der Waals surface area contributed by atoms with Crippen molar-refractivity contribution in [2.75, 3.05) is 6.61 Å². The van der Waals surface area contributed by atoms with Gasteiger partial charge in [-0.2, -0.15) is 0 Å². The molecule has 3 aromatic carbocycles. The van der Waals surface area contributed by atoms with E-state index in [2.05, 4.69) is 6.92 Å². The van der Waals surface area contributed by atoms with Gasteiger partial charge in [-0.25, -0.2) is 4.79 Å². The molecule has 5 heteroatoms. The van der Waals surface area contributed by atoms with Crippen molar-refractivity contribution in [1.29, 1.82) is 0 Å². The molecule has 6 rings (SSSR count). The van der Waals surface area contributed by atoms with Crippen molar-refractivity contribution < 1.29 is 14.3 Å². The second-order valence-corrected chi connectivity index (χ2v) is 9.94. The maximum Gasteiger partial charge on any atom is 0.339 e. The average molecular weight is 489 g/mol. The number of hydrogen-bond acceptors (Lipinski definition) is 4. The molecule has 0 radical (unpaired) electrons. The average Bonchev–Trinajstić information content (AvgIpc) is 3.23. The third-order valence-electron chi connectivity index (χ3n) is 7.48. The Bertz CT molecular complexity index is 1670. The van der Waals surface area contributed by atoms with E-state index in [0.29, 0.717) is 17.0 Å². The standard InChI is InChI=1S/C32H28N2O3/c1-20-16-17-26-24(18-20)29(22-12-6-8-14-25(22)33-26)32(36)37-19-28(35)30-23-13-7-9-15-27(23)34(2)31(30)21-10-4-3-5-11-21/h3-15,20H,16-19H2,1-2H3/t20-/m0/s1. The van der Waals surface area contributed by atoms with Crippen LogP contribution in [0.25, 0.3) is 33.1 Å². The first-order valence-corrected chi connectivity index (χ1v) is 12.8. The molecule has 5 aromatic rings. The summed E-state index contributed by atoms with van der Waals surface area (Å²) < 4.78 is 7.81. The summed E-state index contributed by atoms with van der Waals surface area (Å²) in [7, 11) is 1.96. The number of benzene rings is 3. The van der Waals surface area contributed by atoms with Crippen molar-refractivity contribution in [3.05, 3.63) is 101 Å². The largest absolute Gasteiger partial charge is 0.454 e. The van der Waals surface area contributed by atoms with Gasteiger partial charge in [-0.1, -0.05) is 73.7 Å². The molecule has 0 saturated heterocycles. The summed E-state index contributed by atoms with van der Waals surface area (Å²) in [6.45, 7) is 1.87. The molecule has 2 aromatic heterocycles. The number of fused-ring (bicyclic) bond motifs is 3. The van der Waals surface area contributed by atoms with Gasteiger partial charge in [-0.05, 0) is 48.4 Å². The Labute approximate surface area is 215 Å². The van der Waals surface area contributed by atoms with Crippen LogP contribution in [0.15, 0.2) is 78.9 Å². The zero-order chi connectivity index (χ0) is 25.5. The van der Waals surface area contributed by atoms with Crippen LogP contribution >= 0.6 is 0 Å². The maximum atomic E-state index is 13.7. The summed E-state index contributed by atoms with van der Waals surface area (Å²) in [5.41, 5.74) is 6.57. The quantitative estimate of drug-likeness (QED) is 0.208. The number of hydrogen-bond donors (Lipinski definition) is 0. The molecule has 1 aliphatic rings. The molecule has 0 aliphatic heterocycles. The number of aromatic nitrogens is 2. The third-order valence-corrected chi connectivity index (χ3v) is 7.48. The highest BCUT2D eigenvalue weighted by molar-refractivity contribution is 6.15. The first kappa shape index (κ1) is 23.2. The van der Waals surface area contributed by atoms with Gasteiger partial charge >= 0.3 is 5.97 Å². The van der Waals surface area contributed by atoms with Crippen molar-refractivity contribution in [2.24, 2.45) is 13.0 Å². The lowest BCUT2D eigenvalue weighted by atomic mass is 9.84. The molecule has 1 atom stereocenters. The second kappa shape index (κ2) is 9.32. The lowest BCUT2D eigenvalue weighted by Crippen LogP contribution is -2.21. The van der Waals surface area contributed by atoms with E-state index in [4.69, 9.17) is 9.72 Å². The van der Waals surface area contributed by atoms with Crippen molar-refractivity contribution >= 4 is 33.6 Å². The minimum atomic E-state index is -0.459. The smallest absolute Gasteiger partial charge is 0.339 e. The van der Waals surface area contributed by atoms with E-state index in [-0.39, 0.29) is 12.4 Å². The number of aryl methyl sites for hydroxylation is 2. The maximum absolute atomic E-state index is 13.7. The summed E-state index contributed by atoms with van der Waals surface area (Å²) in [5, 5.41) is 1.63. The summed E-state index contributed by atoms with van der Waals surface area (Å²) in [6.07, 6.45) is 2.68. The highest BCUT2D eigenvalue weighted by Gasteiger charge is 2.28. The molecule has 0 bridgehead atoms. The number of para-hydroxylation sites is 2. The van der Waals surface area contributed by atoms with E-state index in [9.17, 15) is 9.59 Å². The van der Waals surface area contributed by atoms with Crippen LogP contribution in [0.3, 0.4) is 0 Å². The number of carbonyl (C=O) groups is 2. The first-order chi connectivity index (χ1) is 18.0. The van der Waals surface area contributed by atoms with Gasteiger partial charge < -0.3 is 9.30 Å². The number of carbonyl (C=O) groups excluding carboxylic acids is 2. The molecule has 5 nitrogen and oxygen atoms in total. The molecule has 184 valence electrons. The first-order valence-electron chi connectivity index (χ1n) is 12.8. The fourth-order valence-electron chi connectivity index (χ4n) is 5.68. The van der Waals surface area contributed by atoms with E-state index in [1.165, 1.54) is 0 Å². The van der Waals surface area contributed by atoms with Crippen LogP contribution in [0.4, 0.5) is 0 Å². The van der Waals surface area contributed by atoms with Gasteiger partial charge in [0.15, 0.2) is 6.61 Å². The van der Waals surface area contributed by atoms with Crippen LogP contribution in [-0.4, -0.2) is 27.9 Å². The Morgan fingerprint density at radius 3 is 2.43 bits per heavy atom. The number of esters is 1. The number of ether oxygens (including phenoxy) is 1. The zero-order valence-corrected chi connectivity index (χ0v) is 21.0. The van der Waals surface area contributed by atoms with E-state index >= 15 is 0 Å². The molecule has 0 N–H and O–H groups in total. The molecule has 0 saturated carbocycles. The van der Waals surface area contributed by atoms with Crippen LogP contribution in [-0.2, 0) is 24.6 Å². The molecular weight excluding hydrogens is 460 g/mol. The number of nitrogens with zero attached hydrogens (tertiary/aromatic N) is 2. The highest BCUT2D eigenvalue weighted by Crippen LogP contribution is 2.34. The predicted molar refractivity (Wildman–Crippen MR) is 146 cm³/mol. The fraction of sp³-hybridized carbons (Fsp3) is 0.219. The lowest BCUT2D eigenvalue weighted by molar-refractivity contribution is 0.0475. The van der Waals surface area contributed by atoms with Gasteiger partial charge in [-0.3, -0.25) is 9.78 Å². The Morgan fingerprint density at radius 2 is 1.62 bits per heavy atom. The monoisotopic (exact) mass is 488 g/mol.